The van der Waals surface area contributed by atoms with Crippen molar-refractivity contribution in [1.82, 2.24) is 4.90 Å². The summed E-state index contributed by atoms with van der Waals surface area (Å²) < 4.78 is 0. The van der Waals surface area contributed by atoms with Crippen LogP contribution in [0, 0.1) is 0 Å². The summed E-state index contributed by atoms with van der Waals surface area (Å²) in [5.74, 6) is -0.724. The van der Waals surface area contributed by atoms with Crippen LogP contribution in [0.4, 0.5) is 0 Å². The molecule has 0 radical (unpaired) electrons. The van der Waals surface area contributed by atoms with Crippen molar-refractivity contribution in [3.05, 3.63) is 0 Å². The predicted octanol–water partition coefficient (Wildman–Crippen LogP) is -0.810. The first-order valence-electron chi connectivity index (χ1n) is 4.21. The minimum absolute atomic E-state index is 0.0540. The lowest BCUT2D eigenvalue weighted by Crippen LogP contribution is -2.51. The van der Waals surface area contributed by atoms with Crippen LogP contribution in [0.15, 0.2) is 0 Å². The predicted molar refractivity (Wildman–Crippen MR) is 45.7 cm³/mol. The Hall–Kier alpha value is -0.710. The Balaban J connectivity index is 2.29. The van der Waals surface area contributed by atoms with E-state index in [0.29, 0.717) is 12.2 Å². The van der Waals surface area contributed by atoms with Gasteiger partial charge in [0.2, 0.25) is 5.91 Å². The summed E-state index contributed by atoms with van der Waals surface area (Å²) >= 11 is 1.54. The molecule has 13 heavy (non-hydrogen) atoms. The monoisotopic (exact) mass is 200 g/mol. The van der Waals surface area contributed by atoms with E-state index in [2.05, 4.69) is 0 Å². The molecule has 2 heterocycles. The summed E-state index contributed by atoms with van der Waals surface area (Å²) in [5.41, 5.74) is 0. The summed E-state index contributed by atoms with van der Waals surface area (Å²) in [6.45, 7) is 1.92. The molecular weight excluding hydrogens is 190 g/mol. The molecule has 2 saturated heterocycles. The minimum atomic E-state index is -1.13. The van der Waals surface area contributed by atoms with Crippen LogP contribution in [0.2, 0.25) is 0 Å². The zero-order valence-electron chi connectivity index (χ0n) is 7.28. The van der Waals surface area contributed by atoms with Crippen molar-refractivity contribution in [3.8, 4) is 0 Å². The fourth-order valence-corrected chi connectivity index (χ4v) is 3.41. The molecule has 0 bridgehead atoms. The normalized spacial score (nSPS) is 38.1. The van der Waals surface area contributed by atoms with E-state index in [1.54, 1.807) is 0 Å². The highest BCUT2D eigenvalue weighted by Gasteiger charge is 2.50. The first-order valence-corrected chi connectivity index (χ1v) is 5.20. The lowest BCUT2D eigenvalue weighted by molar-refractivity contribution is -0.310. The van der Waals surface area contributed by atoms with Gasteiger partial charge >= 0.3 is 0 Å². The second-order valence-electron chi connectivity index (χ2n) is 3.58. The van der Waals surface area contributed by atoms with Crippen LogP contribution < -0.4 is 5.11 Å². The molecule has 2 aliphatic rings. The number of fused-ring (bicyclic) bond motifs is 1. The number of aliphatic carboxylic acids is 1. The molecule has 2 fully saturated rings. The number of nitrogens with zero attached hydrogens (tertiary/aromatic N) is 1. The molecule has 2 rings (SSSR count). The topological polar surface area (TPSA) is 60.4 Å². The number of thioether (sulfide) groups is 1. The van der Waals surface area contributed by atoms with Gasteiger partial charge in [0.15, 0.2) is 0 Å². The Labute approximate surface area is 80.3 Å². The van der Waals surface area contributed by atoms with Gasteiger partial charge < -0.3 is 14.8 Å². The minimum Gasteiger partial charge on any atom is -0.548 e. The fraction of sp³-hybridized carbons (Fsp3) is 0.750. The van der Waals surface area contributed by atoms with Gasteiger partial charge in [-0.2, -0.15) is 0 Å². The first kappa shape index (κ1) is 8.87. The molecule has 1 amide bonds. The number of rotatable bonds is 1. The summed E-state index contributed by atoms with van der Waals surface area (Å²) in [4.78, 5) is 23.3. The molecule has 72 valence electrons. The molecule has 0 unspecified atom stereocenters. The summed E-state index contributed by atoms with van der Waals surface area (Å²) in [6, 6.07) is -0.718. The number of amides is 1. The van der Waals surface area contributed by atoms with E-state index in [4.69, 9.17) is 0 Å². The molecule has 0 aromatic rings. The average Bonchev–Trinajstić information content (AvgIpc) is 2.50. The molecule has 0 aromatic heterocycles. The fourth-order valence-electron chi connectivity index (χ4n) is 2.00. The van der Waals surface area contributed by atoms with E-state index in [1.165, 1.54) is 16.7 Å². The van der Waals surface area contributed by atoms with Gasteiger partial charge in [-0.15, -0.1) is 11.8 Å². The van der Waals surface area contributed by atoms with Gasteiger partial charge in [-0.1, -0.05) is 0 Å². The third kappa shape index (κ3) is 1.14. The number of carboxylic acid groups (broad SMARTS) is 1. The smallest absolute Gasteiger partial charge is 0.224 e. The number of hydrogen-bond acceptors (Lipinski definition) is 4. The molecule has 5 heteroatoms. The SMILES string of the molecule is C[C@]12CCC(=O)N1[C@H](C(=O)[O-])CS2. The molecule has 2 atom stereocenters. The quantitative estimate of drug-likeness (QED) is 0.555. The van der Waals surface area contributed by atoms with Gasteiger partial charge in [0.25, 0.3) is 0 Å². The third-order valence-electron chi connectivity index (χ3n) is 2.72. The molecule has 2 aliphatic heterocycles. The lowest BCUT2D eigenvalue weighted by Gasteiger charge is -2.30. The van der Waals surface area contributed by atoms with E-state index in [9.17, 15) is 14.7 Å². The largest absolute Gasteiger partial charge is 0.548 e. The van der Waals surface area contributed by atoms with Crippen LogP contribution in [0.3, 0.4) is 0 Å². The molecule has 0 aliphatic carbocycles. The Morgan fingerprint density at radius 1 is 1.77 bits per heavy atom. The molecule has 4 nitrogen and oxygen atoms in total. The van der Waals surface area contributed by atoms with Crippen molar-refractivity contribution in [1.29, 1.82) is 0 Å². The Kier molecular flexibility index (Phi) is 1.80. The third-order valence-corrected chi connectivity index (χ3v) is 4.22. The zero-order chi connectivity index (χ0) is 9.64. The van der Waals surface area contributed by atoms with Crippen molar-refractivity contribution >= 4 is 23.6 Å². The second kappa shape index (κ2) is 2.64. The van der Waals surface area contributed by atoms with Gasteiger partial charge in [-0.25, -0.2) is 0 Å². The molecule has 0 N–H and O–H groups in total. The van der Waals surface area contributed by atoms with Crippen LogP contribution >= 0.6 is 11.8 Å². The van der Waals surface area contributed by atoms with E-state index >= 15 is 0 Å². The highest BCUT2D eigenvalue weighted by Crippen LogP contribution is 2.46. The Morgan fingerprint density at radius 3 is 3.08 bits per heavy atom. The average molecular weight is 200 g/mol. The highest BCUT2D eigenvalue weighted by atomic mass is 32.2. The van der Waals surface area contributed by atoms with Crippen LogP contribution in [0.5, 0.6) is 0 Å². The number of carboxylic acids is 1. The van der Waals surface area contributed by atoms with Crippen LogP contribution in [0.1, 0.15) is 19.8 Å². The van der Waals surface area contributed by atoms with Crippen LogP contribution in [-0.4, -0.2) is 33.4 Å². The maximum atomic E-state index is 11.4. The standard InChI is InChI=1S/C8H11NO3S/c1-8-3-2-6(10)9(8)5(4-13-8)7(11)12/h5H,2-4H2,1H3,(H,11,12)/p-1/t5-,8-/m0/s1. The lowest BCUT2D eigenvalue weighted by atomic mass is 10.2. The van der Waals surface area contributed by atoms with E-state index in [-0.39, 0.29) is 10.8 Å². The summed E-state index contributed by atoms with van der Waals surface area (Å²) in [7, 11) is 0. The molecule has 0 spiro atoms. The van der Waals surface area contributed by atoms with Gasteiger partial charge in [0, 0.05) is 12.2 Å². The van der Waals surface area contributed by atoms with Crippen LogP contribution in [-0.2, 0) is 9.59 Å². The maximum Gasteiger partial charge on any atom is 0.224 e. The van der Waals surface area contributed by atoms with Gasteiger partial charge in [0.05, 0.1) is 16.9 Å². The van der Waals surface area contributed by atoms with Crippen molar-refractivity contribution in [3.63, 3.8) is 0 Å². The molecule has 0 saturated carbocycles. The molecular formula is C8H10NO3S-. The number of carbonyl (C=O) groups is 2. The van der Waals surface area contributed by atoms with Gasteiger partial charge in [-0.05, 0) is 13.3 Å². The zero-order valence-corrected chi connectivity index (χ0v) is 8.10. The van der Waals surface area contributed by atoms with E-state index in [1.807, 2.05) is 6.92 Å². The van der Waals surface area contributed by atoms with Crippen molar-refractivity contribution in [2.75, 3.05) is 5.75 Å². The highest BCUT2D eigenvalue weighted by molar-refractivity contribution is 8.01. The van der Waals surface area contributed by atoms with Gasteiger partial charge in [-0.3, -0.25) is 4.79 Å². The second-order valence-corrected chi connectivity index (χ2v) is 5.09. The molecule has 0 aromatic carbocycles. The number of carbonyl (C=O) groups excluding carboxylic acids is 2. The van der Waals surface area contributed by atoms with Crippen molar-refractivity contribution < 1.29 is 14.7 Å². The van der Waals surface area contributed by atoms with Crippen molar-refractivity contribution in [2.24, 2.45) is 0 Å². The summed E-state index contributed by atoms with van der Waals surface area (Å²) in [5, 5.41) is 10.7. The summed E-state index contributed by atoms with van der Waals surface area (Å²) in [6.07, 6.45) is 1.22. The number of hydrogen-bond donors (Lipinski definition) is 0. The first-order chi connectivity index (χ1) is 6.04. The van der Waals surface area contributed by atoms with E-state index in [0.717, 1.165) is 6.42 Å². The van der Waals surface area contributed by atoms with Crippen LogP contribution in [0.25, 0.3) is 0 Å². The van der Waals surface area contributed by atoms with Gasteiger partial charge in [0.1, 0.15) is 0 Å². The van der Waals surface area contributed by atoms with E-state index < -0.39 is 12.0 Å². The maximum absolute atomic E-state index is 11.4. The Bertz CT molecular complexity index is 281. The van der Waals surface area contributed by atoms with Crippen molar-refractivity contribution in [2.45, 2.75) is 30.7 Å². The Morgan fingerprint density at radius 2 is 2.46 bits per heavy atom.